The zero-order valence-corrected chi connectivity index (χ0v) is 15.0. The average molecular weight is 354 g/mol. The number of hydrogen-bond acceptors (Lipinski definition) is 1. The number of amides is 2. The van der Waals surface area contributed by atoms with Crippen molar-refractivity contribution in [3.8, 4) is 5.69 Å². The second-order valence-corrected chi connectivity index (χ2v) is 6.32. The monoisotopic (exact) mass is 353 g/mol. The topological polar surface area (TPSA) is 46.1 Å². The Morgan fingerprint density at radius 3 is 2.40 bits per heavy atom. The van der Waals surface area contributed by atoms with Crippen molar-refractivity contribution >= 4 is 23.3 Å². The van der Waals surface area contributed by atoms with Crippen LogP contribution < -0.4 is 10.6 Å². The molecule has 0 fully saturated rings. The molecule has 0 unspecified atom stereocenters. The van der Waals surface area contributed by atoms with Gasteiger partial charge in [0.25, 0.3) is 0 Å². The molecule has 0 saturated heterocycles. The van der Waals surface area contributed by atoms with Crippen molar-refractivity contribution in [3.05, 3.63) is 82.6 Å². The van der Waals surface area contributed by atoms with Gasteiger partial charge in [-0.1, -0.05) is 29.8 Å². The third-order valence-corrected chi connectivity index (χ3v) is 4.34. The third-order valence-electron chi connectivity index (χ3n) is 4.09. The summed E-state index contributed by atoms with van der Waals surface area (Å²) >= 11 is 5.97. The van der Waals surface area contributed by atoms with Gasteiger partial charge >= 0.3 is 6.03 Å². The van der Waals surface area contributed by atoms with Gasteiger partial charge in [0.2, 0.25) is 0 Å². The van der Waals surface area contributed by atoms with E-state index >= 15 is 0 Å². The van der Waals surface area contributed by atoms with Gasteiger partial charge in [0.1, 0.15) is 0 Å². The van der Waals surface area contributed by atoms with Crippen molar-refractivity contribution in [3.63, 3.8) is 0 Å². The normalized spacial score (nSPS) is 10.5. The van der Waals surface area contributed by atoms with E-state index in [0.29, 0.717) is 11.6 Å². The Kier molecular flexibility index (Phi) is 5.10. The number of carbonyl (C=O) groups is 1. The minimum absolute atomic E-state index is 0.220. The van der Waals surface area contributed by atoms with Crippen LogP contribution in [-0.4, -0.2) is 10.6 Å². The molecule has 0 aliphatic heterocycles. The molecule has 2 N–H and O–H groups in total. The van der Waals surface area contributed by atoms with Gasteiger partial charge in [0, 0.05) is 34.3 Å². The quantitative estimate of drug-likeness (QED) is 0.675. The molecule has 0 radical (unpaired) electrons. The maximum absolute atomic E-state index is 12.1. The Morgan fingerprint density at radius 2 is 1.72 bits per heavy atom. The van der Waals surface area contributed by atoms with E-state index in [2.05, 4.69) is 28.2 Å². The number of rotatable bonds is 4. The number of nitrogens with zero attached hydrogens (tertiary/aromatic N) is 1. The van der Waals surface area contributed by atoms with Crippen LogP contribution in [-0.2, 0) is 6.54 Å². The molecule has 0 atom stereocenters. The summed E-state index contributed by atoms with van der Waals surface area (Å²) in [7, 11) is 0. The SMILES string of the molecule is Cc1cc(CNC(=O)Nc2ccccc2)c(C)n1-c1ccc(Cl)cc1. The highest BCUT2D eigenvalue weighted by atomic mass is 35.5. The predicted molar refractivity (Wildman–Crippen MR) is 103 cm³/mol. The number of benzene rings is 2. The van der Waals surface area contributed by atoms with Crippen LogP contribution in [0.1, 0.15) is 17.0 Å². The number of para-hydroxylation sites is 1. The lowest BCUT2D eigenvalue weighted by molar-refractivity contribution is 0.251. The Balaban J connectivity index is 1.70. The van der Waals surface area contributed by atoms with Gasteiger partial charge in [-0.25, -0.2) is 4.79 Å². The molecule has 2 amide bonds. The fourth-order valence-corrected chi connectivity index (χ4v) is 2.99. The lowest BCUT2D eigenvalue weighted by Gasteiger charge is -2.11. The number of aryl methyl sites for hydroxylation is 1. The summed E-state index contributed by atoms with van der Waals surface area (Å²) in [6.45, 7) is 4.56. The first-order chi connectivity index (χ1) is 12.0. The number of anilines is 1. The highest BCUT2D eigenvalue weighted by Gasteiger charge is 2.11. The van der Waals surface area contributed by atoms with Crippen LogP contribution >= 0.6 is 11.6 Å². The van der Waals surface area contributed by atoms with Crippen molar-refractivity contribution < 1.29 is 4.79 Å². The first-order valence-electron chi connectivity index (χ1n) is 8.08. The Labute approximate surface area is 152 Å². The lowest BCUT2D eigenvalue weighted by atomic mass is 10.2. The number of carbonyl (C=O) groups excluding carboxylic acids is 1. The third kappa shape index (κ3) is 4.03. The van der Waals surface area contributed by atoms with E-state index < -0.39 is 0 Å². The van der Waals surface area contributed by atoms with Crippen molar-refractivity contribution in [1.82, 2.24) is 9.88 Å². The van der Waals surface area contributed by atoms with Crippen molar-refractivity contribution in [2.45, 2.75) is 20.4 Å². The molecule has 2 aromatic carbocycles. The van der Waals surface area contributed by atoms with Crippen LogP contribution in [0.15, 0.2) is 60.7 Å². The molecule has 4 nitrogen and oxygen atoms in total. The van der Waals surface area contributed by atoms with Gasteiger partial charge < -0.3 is 15.2 Å². The molecule has 3 aromatic rings. The van der Waals surface area contributed by atoms with Crippen LogP contribution in [0.5, 0.6) is 0 Å². The molecule has 128 valence electrons. The van der Waals surface area contributed by atoms with E-state index in [1.807, 2.05) is 61.5 Å². The van der Waals surface area contributed by atoms with Crippen LogP contribution in [0.25, 0.3) is 5.69 Å². The van der Waals surface area contributed by atoms with Gasteiger partial charge in [0.05, 0.1) is 0 Å². The van der Waals surface area contributed by atoms with Crippen molar-refractivity contribution in [2.75, 3.05) is 5.32 Å². The first-order valence-corrected chi connectivity index (χ1v) is 8.46. The van der Waals surface area contributed by atoms with Gasteiger partial charge in [-0.15, -0.1) is 0 Å². The van der Waals surface area contributed by atoms with E-state index in [-0.39, 0.29) is 6.03 Å². The second-order valence-electron chi connectivity index (χ2n) is 5.88. The zero-order chi connectivity index (χ0) is 17.8. The maximum Gasteiger partial charge on any atom is 0.319 e. The van der Waals surface area contributed by atoms with E-state index in [9.17, 15) is 4.79 Å². The second kappa shape index (κ2) is 7.45. The molecular weight excluding hydrogens is 334 g/mol. The highest BCUT2D eigenvalue weighted by Crippen LogP contribution is 2.22. The molecule has 1 heterocycles. The fourth-order valence-electron chi connectivity index (χ4n) is 2.87. The Bertz CT molecular complexity index is 870. The zero-order valence-electron chi connectivity index (χ0n) is 14.2. The number of halogens is 1. The summed E-state index contributed by atoms with van der Waals surface area (Å²) in [5, 5.41) is 6.44. The standard InChI is InChI=1S/C20H20ClN3O/c1-14-12-16(13-22-20(25)23-18-6-4-3-5-7-18)15(2)24(14)19-10-8-17(21)9-11-19/h3-12H,13H2,1-2H3,(H2,22,23,25). The average Bonchev–Trinajstić information content (AvgIpc) is 2.89. The molecule has 0 bridgehead atoms. The summed E-state index contributed by atoms with van der Waals surface area (Å²) in [6.07, 6.45) is 0. The number of aromatic nitrogens is 1. The van der Waals surface area contributed by atoms with Crippen LogP contribution in [0.4, 0.5) is 10.5 Å². The van der Waals surface area contributed by atoms with Crippen LogP contribution in [0.2, 0.25) is 5.02 Å². The van der Waals surface area contributed by atoms with Crippen LogP contribution in [0.3, 0.4) is 0 Å². The summed E-state index contributed by atoms with van der Waals surface area (Å²) in [6, 6.07) is 19.0. The molecule has 3 rings (SSSR count). The summed E-state index contributed by atoms with van der Waals surface area (Å²) in [5.41, 5.74) is 5.11. The molecule has 0 spiro atoms. The van der Waals surface area contributed by atoms with Crippen LogP contribution in [0, 0.1) is 13.8 Å². The number of urea groups is 1. The van der Waals surface area contributed by atoms with E-state index in [1.54, 1.807) is 0 Å². The lowest BCUT2D eigenvalue weighted by Crippen LogP contribution is -2.28. The molecule has 5 heteroatoms. The van der Waals surface area contributed by atoms with Crippen molar-refractivity contribution in [2.24, 2.45) is 0 Å². The van der Waals surface area contributed by atoms with Gasteiger partial charge in [0.15, 0.2) is 0 Å². The molecule has 0 saturated carbocycles. The van der Waals surface area contributed by atoms with E-state index in [0.717, 1.165) is 28.3 Å². The van der Waals surface area contributed by atoms with Crippen molar-refractivity contribution in [1.29, 1.82) is 0 Å². The van der Waals surface area contributed by atoms with Gasteiger partial charge in [-0.3, -0.25) is 0 Å². The first kappa shape index (κ1) is 17.1. The van der Waals surface area contributed by atoms with E-state index in [4.69, 9.17) is 11.6 Å². The molecule has 0 aliphatic carbocycles. The molecule has 0 aliphatic rings. The number of hydrogen-bond donors (Lipinski definition) is 2. The Morgan fingerprint density at radius 1 is 1.04 bits per heavy atom. The van der Waals surface area contributed by atoms with E-state index in [1.165, 1.54) is 0 Å². The summed E-state index contributed by atoms with van der Waals surface area (Å²) < 4.78 is 2.16. The largest absolute Gasteiger partial charge is 0.334 e. The Hall–Kier alpha value is -2.72. The molecular formula is C20H20ClN3O. The summed E-state index contributed by atoms with van der Waals surface area (Å²) in [4.78, 5) is 12.1. The number of nitrogens with one attached hydrogen (secondary N) is 2. The smallest absolute Gasteiger partial charge is 0.319 e. The predicted octanol–water partition coefficient (Wildman–Crippen LogP) is 5.07. The summed E-state index contributed by atoms with van der Waals surface area (Å²) in [5.74, 6) is 0. The molecule has 1 aromatic heterocycles. The van der Waals surface area contributed by atoms with Gasteiger partial charge in [-0.05, 0) is 61.9 Å². The minimum atomic E-state index is -0.220. The molecule has 25 heavy (non-hydrogen) atoms. The minimum Gasteiger partial charge on any atom is -0.334 e. The van der Waals surface area contributed by atoms with Gasteiger partial charge in [-0.2, -0.15) is 0 Å². The maximum atomic E-state index is 12.1. The fraction of sp³-hybridized carbons (Fsp3) is 0.150. The highest BCUT2D eigenvalue weighted by molar-refractivity contribution is 6.30.